The lowest BCUT2D eigenvalue weighted by molar-refractivity contribution is 0.0679. The van der Waals surface area contributed by atoms with Gasteiger partial charge in [-0.25, -0.2) is 112 Å². The van der Waals surface area contributed by atoms with Gasteiger partial charge in [-0.1, -0.05) is 104 Å². The average Bonchev–Trinajstić information content (AvgIpc) is 1.58. The van der Waals surface area contributed by atoms with Crippen LogP contribution in [-0.4, -0.2) is 154 Å². The number of benzene rings is 6. The van der Waals surface area contributed by atoms with Crippen LogP contribution in [0.25, 0.3) is 101 Å². The van der Waals surface area contributed by atoms with E-state index in [1.807, 2.05) is 27.7 Å². The number of carboxylic acid groups (broad SMARTS) is 6. The summed E-state index contributed by atoms with van der Waals surface area (Å²) in [4.78, 5) is 92.7. The molecule has 143 heavy (non-hydrogen) atoms. The maximum Gasteiger partial charge on any atom is 0.354 e. The zero-order chi connectivity index (χ0) is 102. The number of fused-ring (bicyclic) bond motifs is 6. The van der Waals surface area contributed by atoms with Crippen LogP contribution in [0.5, 0.6) is 0 Å². The van der Waals surface area contributed by atoms with E-state index >= 15 is 0 Å². The Morgan fingerprint density at radius 1 is 0.322 bits per heavy atom. The summed E-state index contributed by atoms with van der Waals surface area (Å²) in [5.41, 5.74) is 11.4. The van der Waals surface area contributed by atoms with Crippen molar-refractivity contribution in [2.24, 2.45) is 11.8 Å². The van der Waals surface area contributed by atoms with Crippen LogP contribution >= 0.6 is 95.6 Å². The smallest absolute Gasteiger partial charge is 0.354 e. The molecule has 4 fully saturated rings. The summed E-state index contributed by atoms with van der Waals surface area (Å²) in [5.74, 6) is -7.74. The first-order chi connectivity index (χ1) is 68.1. The Balaban J connectivity index is 0.000000118. The highest BCUT2D eigenvalue weighted by Gasteiger charge is 2.44. The van der Waals surface area contributed by atoms with E-state index in [-0.39, 0.29) is 50.9 Å². The fourth-order valence-corrected chi connectivity index (χ4v) is 18.3. The molecule has 12 heterocycles. The predicted molar refractivity (Wildman–Crippen MR) is 537 cm³/mol. The molecule has 30 nitrogen and oxygen atoms in total. The second-order valence-corrected chi connectivity index (χ2v) is 41.2. The topological polar surface area (TPSA) is 405 Å². The van der Waals surface area contributed by atoms with E-state index in [0.29, 0.717) is 159 Å². The van der Waals surface area contributed by atoms with Gasteiger partial charge >= 0.3 is 35.8 Å². The van der Waals surface area contributed by atoms with Crippen LogP contribution in [0.3, 0.4) is 0 Å². The fraction of sp³-hybridized carbons (Fsp3) is 0.228. The quantitative estimate of drug-likeness (QED) is 0.0386. The number of nitrogens with zero attached hydrogens (tertiary/aromatic N) is 18. The number of halogens is 12. The molecule has 0 amide bonds. The van der Waals surface area contributed by atoms with Crippen LogP contribution in [0.4, 0.5) is 26.3 Å². The van der Waals surface area contributed by atoms with E-state index in [0.717, 1.165) is 92.0 Å². The van der Waals surface area contributed by atoms with Crippen LogP contribution < -0.4 is 0 Å². The van der Waals surface area contributed by atoms with Crippen LogP contribution in [0, 0.1) is 46.7 Å². The lowest BCUT2D eigenvalue weighted by Gasteiger charge is -2.26. The molecule has 4 aliphatic carbocycles. The van der Waals surface area contributed by atoms with E-state index in [1.54, 1.807) is 185 Å². The normalized spacial score (nSPS) is 13.8. The highest BCUT2D eigenvalue weighted by Crippen LogP contribution is 2.50. The van der Waals surface area contributed by atoms with Crippen LogP contribution in [0.1, 0.15) is 208 Å². The molecular weight excluding hydrogens is 2250 g/mol. The molecule has 0 aliphatic heterocycles. The molecule has 6 N–H and O–H groups in total. The first-order valence-electron chi connectivity index (χ1n) is 44.6. The molecule has 6 aromatic carbocycles. The molecule has 0 bridgehead atoms. The highest BCUT2D eigenvalue weighted by atomic mass is 79.9. The number of hydrogen-bond donors (Lipinski definition) is 6. The molecule has 730 valence electrons. The minimum absolute atomic E-state index is 0.00874. The Bertz CT molecular complexity index is 8220. The predicted octanol–water partition coefficient (Wildman–Crippen LogP) is 24.6. The van der Waals surface area contributed by atoms with Gasteiger partial charge in [0, 0.05) is 124 Å². The second-order valence-electron chi connectivity index (χ2n) is 36.0. The van der Waals surface area contributed by atoms with Gasteiger partial charge in [-0.05, 0) is 261 Å². The van der Waals surface area contributed by atoms with Gasteiger partial charge in [0.1, 0.15) is 34.9 Å². The minimum atomic E-state index is -1.10. The molecule has 0 radical (unpaired) electrons. The molecule has 42 heteroatoms. The maximum atomic E-state index is 14.4. The Labute approximate surface area is 858 Å². The van der Waals surface area contributed by atoms with Gasteiger partial charge in [-0.15, -0.1) is 0 Å². The highest BCUT2D eigenvalue weighted by molar-refractivity contribution is 9.11. The first kappa shape index (κ1) is 101. The molecule has 0 unspecified atom stereocenters. The van der Waals surface area contributed by atoms with Crippen molar-refractivity contribution in [3.8, 4) is 67.5 Å². The summed E-state index contributed by atoms with van der Waals surface area (Å²) in [5, 5.41) is 82.4. The summed E-state index contributed by atoms with van der Waals surface area (Å²) in [6.07, 6.45) is 10.3. The van der Waals surface area contributed by atoms with Gasteiger partial charge in [0.05, 0.1) is 63.4 Å². The minimum Gasteiger partial charge on any atom is -0.477 e. The Morgan fingerprint density at radius 2 is 0.573 bits per heavy atom. The molecule has 0 atom stereocenters. The molecule has 18 aromatic rings. The van der Waals surface area contributed by atoms with Gasteiger partial charge in [0.25, 0.3) is 0 Å². The van der Waals surface area contributed by atoms with E-state index in [1.165, 1.54) is 24.3 Å². The molecule has 0 saturated heterocycles. The summed E-state index contributed by atoms with van der Waals surface area (Å²) in [6, 6.07) is 48.4. The third-order valence-corrected chi connectivity index (χ3v) is 27.8. The van der Waals surface area contributed by atoms with Crippen molar-refractivity contribution < 1.29 is 85.7 Å². The molecule has 22 rings (SSSR count). The Kier molecular flexibility index (Phi) is 28.9. The Morgan fingerprint density at radius 3 is 0.832 bits per heavy atom. The first-order valence-corrected chi connectivity index (χ1v) is 49.3. The lowest BCUT2D eigenvalue weighted by Crippen LogP contribution is -2.16. The van der Waals surface area contributed by atoms with Crippen molar-refractivity contribution >= 4 is 165 Å². The maximum absolute atomic E-state index is 14.4. The van der Waals surface area contributed by atoms with E-state index < -0.39 is 70.7 Å². The van der Waals surface area contributed by atoms with Crippen molar-refractivity contribution in [3.63, 3.8) is 0 Å². The SMILES string of the molecule is CC(C)Cc1cc(C(=O)O)nc2cc(-c3ccc(Br)cc3F)nn12.CC(C)Cc1cc(C(=O)O)nc2cc(-c3cccc(Br)c3F)nn12.CC1(c2cc(C(=O)O)nc3cc(-c4ccc(Br)cc4F)nn23)CC1.CC1(c2cc(C(=O)O)nc3cc(-c4cccc(Br)c4F)nn23)CC1.O=C(O)c1cc(C2CC2)n2nc(-c3cccc(Br)c3F)cc2n1.O=C(O)c1cc(C2CCC2)n2nc(-c3cccc(Br)c3F)cc2n1. The number of aromatic carboxylic acids is 6. The number of rotatable bonds is 20. The summed E-state index contributed by atoms with van der Waals surface area (Å²) in [6.45, 7) is 12.3. The summed E-state index contributed by atoms with van der Waals surface area (Å²) in [7, 11) is 0. The summed E-state index contributed by atoms with van der Waals surface area (Å²) < 4.78 is 98.1. The molecule has 4 saturated carbocycles. The number of hydrogen-bond acceptors (Lipinski definition) is 18. The fourth-order valence-electron chi connectivity index (χ4n) is 16.2. The second kappa shape index (κ2) is 41.0. The van der Waals surface area contributed by atoms with Crippen LogP contribution in [-0.2, 0) is 23.7 Å². The van der Waals surface area contributed by atoms with E-state index in [4.69, 9.17) is 0 Å². The molecular formula is C101H80Br6F6N18O12. The van der Waals surface area contributed by atoms with Gasteiger partial charge in [0.2, 0.25) is 0 Å². The van der Waals surface area contributed by atoms with Gasteiger partial charge in [-0.2, -0.15) is 30.6 Å². The zero-order valence-corrected chi connectivity index (χ0v) is 85.6. The molecule has 0 spiro atoms. The third kappa shape index (κ3) is 21.7. The Hall–Kier alpha value is -13.7. The lowest BCUT2D eigenvalue weighted by atomic mass is 9.82. The number of carbonyl (C=O) groups is 6. The largest absolute Gasteiger partial charge is 0.477 e. The zero-order valence-electron chi connectivity index (χ0n) is 76.1. The van der Waals surface area contributed by atoms with E-state index in [9.17, 15) is 85.7 Å². The molecule has 12 aromatic heterocycles. The third-order valence-electron chi connectivity index (χ3n) is 24.4. The van der Waals surface area contributed by atoms with Gasteiger partial charge in [-0.3, -0.25) is 0 Å². The molecule has 4 aliphatic rings. The monoisotopic (exact) mass is 2320 g/mol. The summed E-state index contributed by atoms with van der Waals surface area (Å²) >= 11 is 19.1. The van der Waals surface area contributed by atoms with Crippen molar-refractivity contribution in [1.29, 1.82) is 0 Å². The van der Waals surface area contributed by atoms with Crippen molar-refractivity contribution in [2.45, 2.75) is 135 Å². The van der Waals surface area contributed by atoms with Gasteiger partial charge in [0.15, 0.2) is 68.0 Å². The number of aromatic nitrogens is 18. The van der Waals surface area contributed by atoms with Gasteiger partial charge < -0.3 is 30.6 Å². The van der Waals surface area contributed by atoms with Crippen LogP contribution in [0.2, 0.25) is 0 Å². The van der Waals surface area contributed by atoms with Crippen molar-refractivity contribution in [2.75, 3.05) is 0 Å². The number of carboxylic acids is 6. The van der Waals surface area contributed by atoms with Crippen LogP contribution in [0.15, 0.2) is 209 Å². The standard InChI is InChI=1S/3C17H13BrFN3O2.2C17H15BrFN3O2.C16H11BrFN3O2/c1-17(4-5-17)14-7-13(16(23)24)20-15-8-12(21-22(14)15)10-3-2-9(18)6-11(10)19;1-17(5-6-17)13-7-12(16(23)24)20-14-8-11(21-22(13)14)9-3-2-4-10(18)15(9)19;18-11-6-2-5-10(16(11)19)12-8-15-20-13(17(23)24)7-14(22(15)21-12)9-3-1-4-9;1-9(2)5-11-7-15(17(23)24)20-16-8-14(21-22(11)16)12-4-3-10(18)6-13(12)19;1-9(2)6-10-7-14(17(23)24)20-15-8-13(21-22(10)15)11-4-3-5-12(18)16(11)19;17-10-3-1-2-9(15(10)18)11-7-14-19-12(16(22)23)6-13(8-4-5-8)21(14)20-11/h2-3,6-8H,4-5H2,1H3,(H,23,24);2-4,7-8H,5-6H2,1H3,(H,23,24);2,5-9H,1,3-4H2,(H,23,24);3-4,6-9H,5H2,1-2H3,(H,23,24);3-5,7-9H,6H2,1-2H3,(H,23,24);1-3,6-8H,4-5H2,(H,22,23). The van der Waals surface area contributed by atoms with Crippen molar-refractivity contribution in [1.82, 2.24) is 87.6 Å². The van der Waals surface area contributed by atoms with Crippen molar-refractivity contribution in [3.05, 3.63) is 312 Å². The average molecular weight is 2330 g/mol. The van der Waals surface area contributed by atoms with E-state index in [2.05, 4.69) is 170 Å².